The summed E-state index contributed by atoms with van der Waals surface area (Å²) in [7, 11) is 3.16. The Morgan fingerprint density at radius 3 is 1.69 bits per heavy atom. The zero-order chi connectivity index (χ0) is 28.9. The molecule has 0 bridgehead atoms. The standard InChI is InChI=1S/C30H43N3O6/c1-19(2)15-27(35)32-26(17-22-9-13-25(39-6)14-10-22)29(36)33-28(20(3)4)30(37)31-23(18-34)16-21-7-11-24(38-5)12-8-21/h7-14,19-20,23,26,28,34H,15-18H2,1-6H3,(H,31,37)(H,32,35)(H,33,36)/t23-,26-,28-/m0/s1. The number of hydrogen-bond acceptors (Lipinski definition) is 6. The molecule has 0 fully saturated rings. The fraction of sp³-hybridized carbons (Fsp3) is 0.500. The molecule has 0 aliphatic carbocycles. The monoisotopic (exact) mass is 541 g/mol. The van der Waals surface area contributed by atoms with E-state index in [4.69, 9.17) is 9.47 Å². The number of carbonyl (C=O) groups is 3. The second kappa shape index (κ2) is 15.7. The van der Waals surface area contributed by atoms with Crippen molar-refractivity contribution in [1.29, 1.82) is 0 Å². The van der Waals surface area contributed by atoms with E-state index in [0.29, 0.717) is 12.2 Å². The van der Waals surface area contributed by atoms with Crippen LogP contribution < -0.4 is 25.4 Å². The van der Waals surface area contributed by atoms with Gasteiger partial charge in [0, 0.05) is 12.8 Å². The maximum atomic E-state index is 13.4. The highest BCUT2D eigenvalue weighted by Crippen LogP contribution is 2.15. The van der Waals surface area contributed by atoms with Crippen LogP contribution in [0.5, 0.6) is 11.5 Å². The normalized spacial score (nSPS) is 13.4. The van der Waals surface area contributed by atoms with Gasteiger partial charge in [-0.05, 0) is 53.6 Å². The number of hydrogen-bond donors (Lipinski definition) is 4. The molecule has 3 amide bonds. The van der Waals surface area contributed by atoms with E-state index in [2.05, 4.69) is 16.0 Å². The van der Waals surface area contributed by atoms with Gasteiger partial charge in [0.25, 0.3) is 0 Å². The van der Waals surface area contributed by atoms with E-state index in [0.717, 1.165) is 16.9 Å². The van der Waals surface area contributed by atoms with Gasteiger partial charge in [-0.2, -0.15) is 0 Å². The molecule has 4 N–H and O–H groups in total. The minimum absolute atomic E-state index is 0.130. The summed E-state index contributed by atoms with van der Waals surface area (Å²) in [6, 6.07) is 12.4. The molecule has 2 aromatic rings. The van der Waals surface area contributed by atoms with Gasteiger partial charge in [-0.25, -0.2) is 0 Å². The van der Waals surface area contributed by atoms with Crippen LogP contribution in [0, 0.1) is 11.8 Å². The molecule has 3 atom stereocenters. The highest BCUT2D eigenvalue weighted by atomic mass is 16.5. The number of nitrogens with one attached hydrogen (secondary N) is 3. The lowest BCUT2D eigenvalue weighted by Crippen LogP contribution is -2.57. The molecule has 0 aliphatic rings. The van der Waals surface area contributed by atoms with Crippen LogP contribution in [0.25, 0.3) is 0 Å². The van der Waals surface area contributed by atoms with E-state index >= 15 is 0 Å². The number of aliphatic hydroxyl groups excluding tert-OH is 1. The molecule has 0 saturated heterocycles. The maximum absolute atomic E-state index is 13.4. The van der Waals surface area contributed by atoms with E-state index in [-0.39, 0.29) is 37.2 Å². The minimum Gasteiger partial charge on any atom is -0.497 e. The van der Waals surface area contributed by atoms with Crippen LogP contribution in [0.4, 0.5) is 0 Å². The lowest BCUT2D eigenvalue weighted by atomic mass is 9.99. The molecule has 2 rings (SSSR count). The number of amides is 3. The van der Waals surface area contributed by atoms with Gasteiger partial charge in [-0.1, -0.05) is 52.0 Å². The molecule has 0 spiro atoms. The van der Waals surface area contributed by atoms with E-state index in [1.54, 1.807) is 26.4 Å². The largest absolute Gasteiger partial charge is 0.497 e. The molecule has 0 unspecified atom stereocenters. The first-order chi connectivity index (χ1) is 18.6. The fourth-order valence-electron chi connectivity index (χ4n) is 4.12. The molecular weight excluding hydrogens is 498 g/mol. The van der Waals surface area contributed by atoms with Gasteiger partial charge in [0.2, 0.25) is 17.7 Å². The van der Waals surface area contributed by atoms with Crippen LogP contribution in [0.15, 0.2) is 48.5 Å². The van der Waals surface area contributed by atoms with Gasteiger partial charge in [-0.3, -0.25) is 14.4 Å². The summed E-state index contributed by atoms with van der Waals surface area (Å²) < 4.78 is 10.4. The van der Waals surface area contributed by atoms with Gasteiger partial charge in [0.1, 0.15) is 23.6 Å². The molecule has 2 aromatic carbocycles. The predicted octanol–water partition coefficient (Wildman–Crippen LogP) is 2.64. The smallest absolute Gasteiger partial charge is 0.243 e. The molecule has 39 heavy (non-hydrogen) atoms. The second-order valence-corrected chi connectivity index (χ2v) is 10.4. The van der Waals surface area contributed by atoms with Crippen LogP contribution in [-0.4, -0.2) is 61.8 Å². The van der Waals surface area contributed by atoms with Crippen molar-refractivity contribution in [2.45, 2.75) is 65.1 Å². The van der Waals surface area contributed by atoms with Gasteiger partial charge < -0.3 is 30.5 Å². The summed E-state index contributed by atoms with van der Waals surface area (Å²) in [5.41, 5.74) is 1.76. The first kappa shape index (κ1) is 31.6. The topological polar surface area (TPSA) is 126 Å². The Bertz CT molecular complexity index is 1050. The van der Waals surface area contributed by atoms with Crippen molar-refractivity contribution in [3.63, 3.8) is 0 Å². The van der Waals surface area contributed by atoms with Crippen molar-refractivity contribution in [2.24, 2.45) is 11.8 Å². The van der Waals surface area contributed by atoms with Crippen molar-refractivity contribution in [3.05, 3.63) is 59.7 Å². The number of aliphatic hydroxyl groups is 1. The average molecular weight is 542 g/mol. The van der Waals surface area contributed by atoms with E-state index < -0.39 is 29.9 Å². The Morgan fingerprint density at radius 1 is 0.744 bits per heavy atom. The Balaban J connectivity index is 2.14. The van der Waals surface area contributed by atoms with Crippen molar-refractivity contribution < 1.29 is 29.0 Å². The van der Waals surface area contributed by atoms with E-state index in [9.17, 15) is 19.5 Å². The van der Waals surface area contributed by atoms with Crippen LogP contribution in [0.1, 0.15) is 45.2 Å². The summed E-state index contributed by atoms with van der Waals surface area (Å²) in [6.45, 7) is 7.26. The van der Waals surface area contributed by atoms with Crippen molar-refractivity contribution in [2.75, 3.05) is 20.8 Å². The lowest BCUT2D eigenvalue weighted by Gasteiger charge is -2.27. The second-order valence-electron chi connectivity index (χ2n) is 10.4. The van der Waals surface area contributed by atoms with Gasteiger partial charge in [0.05, 0.1) is 26.9 Å². The summed E-state index contributed by atoms with van der Waals surface area (Å²) in [5.74, 6) is 0.218. The maximum Gasteiger partial charge on any atom is 0.243 e. The van der Waals surface area contributed by atoms with Crippen LogP contribution in [0.2, 0.25) is 0 Å². The third kappa shape index (κ3) is 10.6. The zero-order valence-electron chi connectivity index (χ0n) is 23.8. The minimum atomic E-state index is -0.869. The summed E-state index contributed by atoms with van der Waals surface area (Å²) in [5, 5.41) is 18.5. The lowest BCUT2D eigenvalue weighted by molar-refractivity contribution is -0.133. The Morgan fingerprint density at radius 2 is 1.26 bits per heavy atom. The SMILES string of the molecule is COc1ccc(C[C@@H](CO)NC(=O)[C@@H](NC(=O)[C@H](Cc2ccc(OC)cc2)NC(=O)CC(C)C)C(C)C)cc1. The van der Waals surface area contributed by atoms with Crippen molar-refractivity contribution in [3.8, 4) is 11.5 Å². The van der Waals surface area contributed by atoms with Crippen LogP contribution in [0.3, 0.4) is 0 Å². The Labute approximate surface area is 231 Å². The average Bonchev–Trinajstić information content (AvgIpc) is 2.90. The van der Waals surface area contributed by atoms with Gasteiger partial charge in [-0.15, -0.1) is 0 Å². The van der Waals surface area contributed by atoms with Crippen molar-refractivity contribution >= 4 is 17.7 Å². The molecular formula is C30H43N3O6. The molecule has 0 heterocycles. The Hall–Kier alpha value is -3.59. The number of methoxy groups -OCH3 is 2. The molecule has 214 valence electrons. The molecule has 0 aromatic heterocycles. The molecule has 0 aliphatic heterocycles. The quantitative estimate of drug-likeness (QED) is 0.275. The first-order valence-corrected chi connectivity index (χ1v) is 13.3. The highest BCUT2D eigenvalue weighted by Gasteiger charge is 2.30. The van der Waals surface area contributed by atoms with Gasteiger partial charge in [0.15, 0.2) is 0 Å². The third-order valence-electron chi connectivity index (χ3n) is 6.30. The van der Waals surface area contributed by atoms with Crippen LogP contribution >= 0.6 is 0 Å². The van der Waals surface area contributed by atoms with E-state index in [1.807, 2.05) is 64.1 Å². The summed E-state index contributed by atoms with van der Waals surface area (Å²) in [6.07, 6.45) is 0.948. The Kier molecular flexibility index (Phi) is 12.8. The number of carbonyl (C=O) groups excluding carboxylic acids is 3. The highest BCUT2D eigenvalue weighted by molar-refractivity contribution is 5.92. The van der Waals surface area contributed by atoms with E-state index in [1.165, 1.54) is 0 Å². The number of ether oxygens (including phenoxy) is 2. The van der Waals surface area contributed by atoms with Crippen LogP contribution in [-0.2, 0) is 27.2 Å². The predicted molar refractivity (Wildman–Crippen MR) is 151 cm³/mol. The summed E-state index contributed by atoms with van der Waals surface area (Å²) in [4.78, 5) is 39.3. The molecule has 9 nitrogen and oxygen atoms in total. The summed E-state index contributed by atoms with van der Waals surface area (Å²) >= 11 is 0. The van der Waals surface area contributed by atoms with Gasteiger partial charge >= 0.3 is 0 Å². The molecule has 0 radical (unpaired) electrons. The fourth-order valence-corrected chi connectivity index (χ4v) is 4.12. The zero-order valence-corrected chi connectivity index (χ0v) is 23.8. The molecule has 9 heteroatoms. The number of benzene rings is 2. The first-order valence-electron chi connectivity index (χ1n) is 13.3. The molecule has 0 saturated carbocycles. The van der Waals surface area contributed by atoms with Crippen molar-refractivity contribution in [1.82, 2.24) is 16.0 Å². The third-order valence-corrected chi connectivity index (χ3v) is 6.30. The number of rotatable bonds is 15.